The topological polar surface area (TPSA) is 26.3 Å². The van der Waals surface area contributed by atoms with Gasteiger partial charge in [-0.1, -0.05) is 18.9 Å². The third-order valence-corrected chi connectivity index (χ3v) is 7.58. The van der Waals surface area contributed by atoms with Gasteiger partial charge in [-0.2, -0.15) is 0 Å². The van der Waals surface area contributed by atoms with E-state index < -0.39 is 5.41 Å². The summed E-state index contributed by atoms with van der Waals surface area (Å²) in [6.45, 7) is 5.24. The maximum atomic E-state index is 12.5. The molecule has 2 unspecified atom stereocenters. The van der Waals surface area contributed by atoms with Crippen molar-refractivity contribution >= 4 is 5.78 Å². The molecule has 5 atom stereocenters. The highest BCUT2D eigenvalue weighted by molar-refractivity contribution is 5.90. The number of terminal acetylenes is 1. The number of rotatable bonds is 2. The fraction of sp³-hybridized carbons (Fsp3) is 0.682. The molecular weight excluding hydrogens is 296 g/mol. The van der Waals surface area contributed by atoms with Crippen molar-refractivity contribution in [3.05, 3.63) is 23.5 Å². The van der Waals surface area contributed by atoms with Crippen molar-refractivity contribution in [1.82, 2.24) is 0 Å². The highest BCUT2D eigenvalue weighted by Gasteiger charge is 2.59. The number of allylic oxidation sites excluding steroid dienone is 4. The summed E-state index contributed by atoms with van der Waals surface area (Å²) in [4.78, 5) is 12.5. The Morgan fingerprint density at radius 3 is 2.88 bits per heavy atom. The Bertz CT molecular complexity index is 664. The van der Waals surface area contributed by atoms with Gasteiger partial charge in [0.25, 0.3) is 0 Å². The van der Waals surface area contributed by atoms with Gasteiger partial charge < -0.3 is 4.74 Å². The molecule has 0 radical (unpaired) electrons. The summed E-state index contributed by atoms with van der Waals surface area (Å²) in [6, 6.07) is 0. The van der Waals surface area contributed by atoms with E-state index in [0.29, 0.717) is 30.0 Å². The normalized spacial score (nSPS) is 43.7. The van der Waals surface area contributed by atoms with Gasteiger partial charge in [0.1, 0.15) is 0 Å². The average Bonchev–Trinajstić information content (AvgIpc) is 2.93. The molecule has 0 aromatic rings. The van der Waals surface area contributed by atoms with Crippen LogP contribution in [0.1, 0.15) is 58.8 Å². The van der Waals surface area contributed by atoms with Gasteiger partial charge in [0.15, 0.2) is 5.78 Å². The number of hydrogen-bond acceptors (Lipinski definition) is 2. The molecule has 0 bridgehead atoms. The highest BCUT2D eigenvalue weighted by Crippen LogP contribution is 2.63. The van der Waals surface area contributed by atoms with Crippen LogP contribution in [-0.2, 0) is 9.53 Å². The largest absolute Gasteiger partial charge is 0.498 e. The zero-order chi connectivity index (χ0) is 16.9. The minimum atomic E-state index is -0.441. The number of fused-ring (bicyclic) bond motifs is 5. The predicted octanol–water partition coefficient (Wildman–Crippen LogP) is 4.66. The number of ether oxygens (including phenoxy) is 1. The lowest BCUT2D eigenvalue weighted by Crippen LogP contribution is -2.49. The number of carbonyl (C=O) groups is 1. The molecule has 0 spiro atoms. The first-order valence-corrected chi connectivity index (χ1v) is 9.60. The van der Waals surface area contributed by atoms with Gasteiger partial charge in [0.05, 0.1) is 17.8 Å². The molecule has 4 aliphatic carbocycles. The van der Waals surface area contributed by atoms with E-state index in [1.165, 1.54) is 5.57 Å². The predicted molar refractivity (Wildman–Crippen MR) is 95.0 cm³/mol. The van der Waals surface area contributed by atoms with Gasteiger partial charge in [0.2, 0.25) is 0 Å². The standard InChI is InChI=1S/C22H28O2/c1-4-22-13-11-18-17(19(22)8-9-20(22)23)7-6-15-14-16(24-5-2)10-12-21(15,18)3/h1,6,14,17-19H,5,7-13H2,2-3H3/t17-,18+,19+,21?,22?/m1/s1. The van der Waals surface area contributed by atoms with Crippen LogP contribution in [0.25, 0.3) is 0 Å². The van der Waals surface area contributed by atoms with Crippen molar-refractivity contribution in [3.63, 3.8) is 0 Å². The Labute approximate surface area is 145 Å². The highest BCUT2D eigenvalue weighted by atomic mass is 16.5. The molecule has 0 aromatic carbocycles. The van der Waals surface area contributed by atoms with E-state index in [1.807, 2.05) is 0 Å². The Morgan fingerprint density at radius 2 is 2.12 bits per heavy atom. The zero-order valence-electron chi connectivity index (χ0n) is 14.9. The van der Waals surface area contributed by atoms with Gasteiger partial charge in [0, 0.05) is 12.8 Å². The molecule has 4 rings (SSSR count). The van der Waals surface area contributed by atoms with Crippen LogP contribution in [0, 0.1) is 40.9 Å². The molecule has 128 valence electrons. The SMILES string of the molecule is C#CC12CC[C@H]3[C@@H](CC=C4C=C(OCC)CCC43C)[C@@H]1CCC2=O. The van der Waals surface area contributed by atoms with Crippen LogP contribution in [-0.4, -0.2) is 12.4 Å². The van der Waals surface area contributed by atoms with E-state index >= 15 is 0 Å². The summed E-state index contributed by atoms with van der Waals surface area (Å²) in [7, 11) is 0. The van der Waals surface area contributed by atoms with Crippen LogP contribution in [0.4, 0.5) is 0 Å². The molecule has 2 nitrogen and oxygen atoms in total. The third-order valence-electron chi connectivity index (χ3n) is 7.58. The molecular formula is C22H28O2. The minimum Gasteiger partial charge on any atom is -0.498 e. The van der Waals surface area contributed by atoms with E-state index in [2.05, 4.69) is 31.9 Å². The van der Waals surface area contributed by atoms with Crippen molar-refractivity contribution < 1.29 is 9.53 Å². The maximum Gasteiger partial charge on any atom is 0.151 e. The Kier molecular flexibility index (Phi) is 3.68. The van der Waals surface area contributed by atoms with E-state index in [4.69, 9.17) is 11.2 Å². The molecule has 2 saturated carbocycles. The second kappa shape index (κ2) is 5.51. The minimum absolute atomic E-state index is 0.232. The molecule has 2 fully saturated rings. The van der Waals surface area contributed by atoms with Crippen LogP contribution >= 0.6 is 0 Å². The molecule has 2 heteroatoms. The van der Waals surface area contributed by atoms with Crippen LogP contribution in [0.3, 0.4) is 0 Å². The van der Waals surface area contributed by atoms with E-state index in [0.717, 1.165) is 50.9 Å². The quantitative estimate of drug-likeness (QED) is 0.690. The third kappa shape index (κ3) is 2.00. The lowest BCUT2D eigenvalue weighted by molar-refractivity contribution is -0.128. The molecule has 24 heavy (non-hydrogen) atoms. The van der Waals surface area contributed by atoms with Gasteiger partial charge in [-0.15, -0.1) is 6.42 Å². The molecule has 0 amide bonds. The van der Waals surface area contributed by atoms with Gasteiger partial charge in [-0.25, -0.2) is 0 Å². The number of carbonyl (C=O) groups excluding carboxylic acids is 1. The van der Waals surface area contributed by atoms with E-state index in [-0.39, 0.29) is 5.41 Å². The van der Waals surface area contributed by atoms with Crippen LogP contribution in [0.15, 0.2) is 23.5 Å². The summed E-state index contributed by atoms with van der Waals surface area (Å²) in [6.07, 6.45) is 17.6. The second-order valence-corrected chi connectivity index (χ2v) is 8.35. The Balaban J connectivity index is 1.69. The van der Waals surface area contributed by atoms with Crippen LogP contribution in [0.2, 0.25) is 0 Å². The molecule has 0 saturated heterocycles. The summed E-state index contributed by atoms with van der Waals surface area (Å²) in [5.74, 6) is 6.10. The summed E-state index contributed by atoms with van der Waals surface area (Å²) >= 11 is 0. The van der Waals surface area contributed by atoms with Crippen LogP contribution in [0.5, 0.6) is 0 Å². The summed E-state index contributed by atoms with van der Waals surface area (Å²) in [5, 5.41) is 0. The first kappa shape index (κ1) is 16.0. The molecule has 0 aromatic heterocycles. The van der Waals surface area contributed by atoms with Crippen molar-refractivity contribution in [3.8, 4) is 12.3 Å². The first-order chi connectivity index (χ1) is 11.5. The number of ketones is 1. The molecule has 0 aliphatic heterocycles. The van der Waals surface area contributed by atoms with Gasteiger partial charge in [-0.3, -0.25) is 4.79 Å². The van der Waals surface area contributed by atoms with Crippen molar-refractivity contribution in [2.24, 2.45) is 28.6 Å². The smallest absolute Gasteiger partial charge is 0.151 e. The fourth-order valence-corrected chi connectivity index (χ4v) is 6.32. The second-order valence-electron chi connectivity index (χ2n) is 8.35. The van der Waals surface area contributed by atoms with Crippen LogP contribution < -0.4 is 0 Å². The number of Topliss-reactive ketones (excluding diaryl/α,β-unsaturated/α-hetero) is 1. The summed E-state index contributed by atoms with van der Waals surface area (Å²) < 4.78 is 5.78. The van der Waals surface area contributed by atoms with Gasteiger partial charge in [-0.05, 0) is 73.8 Å². The molecule has 4 aliphatic rings. The zero-order valence-corrected chi connectivity index (χ0v) is 14.9. The van der Waals surface area contributed by atoms with Crippen molar-refractivity contribution in [2.75, 3.05) is 6.61 Å². The van der Waals surface area contributed by atoms with Gasteiger partial charge >= 0.3 is 0 Å². The van der Waals surface area contributed by atoms with Crippen molar-refractivity contribution in [2.45, 2.75) is 58.8 Å². The van der Waals surface area contributed by atoms with Crippen molar-refractivity contribution in [1.29, 1.82) is 0 Å². The maximum absolute atomic E-state index is 12.5. The lowest BCUT2D eigenvalue weighted by atomic mass is 9.48. The first-order valence-electron chi connectivity index (χ1n) is 9.60. The molecule has 0 N–H and O–H groups in total. The molecule has 0 heterocycles. The Hall–Kier alpha value is -1.49. The van der Waals surface area contributed by atoms with E-state index in [9.17, 15) is 4.79 Å². The fourth-order valence-electron chi connectivity index (χ4n) is 6.32. The Morgan fingerprint density at radius 1 is 1.29 bits per heavy atom. The monoisotopic (exact) mass is 324 g/mol. The number of hydrogen-bond donors (Lipinski definition) is 0. The lowest BCUT2D eigenvalue weighted by Gasteiger charge is -2.55. The average molecular weight is 324 g/mol. The van der Waals surface area contributed by atoms with E-state index in [1.54, 1.807) is 0 Å². The summed E-state index contributed by atoms with van der Waals surface area (Å²) in [5.41, 5.74) is 1.26.